The first-order valence-electron chi connectivity index (χ1n) is 12.2. The predicted octanol–water partition coefficient (Wildman–Crippen LogP) is 7.04. The van der Waals surface area contributed by atoms with Crippen LogP contribution in [0.25, 0.3) is 33.5 Å². The molecule has 39 heavy (non-hydrogen) atoms. The molecule has 6 aromatic rings. The fourth-order valence-corrected chi connectivity index (χ4v) is 4.78. The van der Waals surface area contributed by atoms with Gasteiger partial charge in [0.2, 0.25) is 5.82 Å². The standard InChI is InChI=1S/C31H22BrN3O4/c1-37-27-17-23(32)15-22(29(27)38-19-20-9-3-2-4-10-20)18-33-35-30(28-16-21-11-5-8-14-26(21)39-28)34-25-13-7-6-12-24(25)31(35)36/h2-18H,19H2,1H3. The van der Waals surface area contributed by atoms with Gasteiger partial charge in [0.15, 0.2) is 17.3 Å². The molecule has 0 aliphatic rings. The third-order valence-electron chi connectivity index (χ3n) is 6.21. The SMILES string of the molecule is COc1cc(Br)cc(C=Nn2c(-c3cc4ccccc4o3)nc3ccccc3c2=O)c1OCc1ccccc1. The number of fused-ring (bicyclic) bond motifs is 2. The minimum atomic E-state index is -0.318. The first kappa shape index (κ1) is 24.6. The van der Waals surface area contributed by atoms with E-state index >= 15 is 0 Å². The number of halogens is 1. The van der Waals surface area contributed by atoms with Gasteiger partial charge in [0, 0.05) is 15.4 Å². The van der Waals surface area contributed by atoms with Crippen LogP contribution in [0.15, 0.2) is 116 Å². The van der Waals surface area contributed by atoms with Crippen LogP contribution in [0.5, 0.6) is 11.5 Å². The summed E-state index contributed by atoms with van der Waals surface area (Å²) in [6.45, 7) is 0.335. The number of para-hydroxylation sites is 2. The number of ether oxygens (including phenoxy) is 2. The lowest BCUT2D eigenvalue weighted by atomic mass is 10.2. The van der Waals surface area contributed by atoms with Gasteiger partial charge in [-0.25, -0.2) is 4.98 Å². The van der Waals surface area contributed by atoms with E-state index in [0.29, 0.717) is 51.7 Å². The molecule has 2 aromatic heterocycles. The summed E-state index contributed by atoms with van der Waals surface area (Å²) in [6.07, 6.45) is 1.57. The molecule has 6 rings (SSSR count). The van der Waals surface area contributed by atoms with Crippen molar-refractivity contribution in [2.45, 2.75) is 6.61 Å². The Balaban J connectivity index is 1.48. The average molecular weight is 580 g/mol. The van der Waals surface area contributed by atoms with E-state index in [0.717, 1.165) is 15.4 Å². The topological polar surface area (TPSA) is 78.9 Å². The van der Waals surface area contributed by atoms with Crippen molar-refractivity contribution in [3.8, 4) is 23.1 Å². The largest absolute Gasteiger partial charge is 0.493 e. The van der Waals surface area contributed by atoms with Crippen molar-refractivity contribution in [3.63, 3.8) is 0 Å². The van der Waals surface area contributed by atoms with Crippen LogP contribution in [-0.4, -0.2) is 23.0 Å². The van der Waals surface area contributed by atoms with Gasteiger partial charge in [0.05, 0.1) is 24.2 Å². The molecule has 0 saturated carbocycles. The maximum Gasteiger partial charge on any atom is 0.282 e. The minimum Gasteiger partial charge on any atom is -0.493 e. The van der Waals surface area contributed by atoms with Gasteiger partial charge in [-0.15, -0.1) is 0 Å². The van der Waals surface area contributed by atoms with Crippen LogP contribution in [0.3, 0.4) is 0 Å². The summed E-state index contributed by atoms with van der Waals surface area (Å²) in [5, 5.41) is 5.95. The number of aromatic nitrogens is 2. The number of hydrogen-bond donors (Lipinski definition) is 0. The fraction of sp³-hybridized carbons (Fsp3) is 0.0645. The van der Waals surface area contributed by atoms with E-state index in [1.54, 1.807) is 31.5 Å². The molecule has 0 aliphatic carbocycles. The second-order valence-corrected chi connectivity index (χ2v) is 9.68. The van der Waals surface area contributed by atoms with Crippen molar-refractivity contribution in [1.29, 1.82) is 0 Å². The molecule has 2 heterocycles. The van der Waals surface area contributed by atoms with Gasteiger partial charge in [-0.2, -0.15) is 9.78 Å². The molecule has 192 valence electrons. The predicted molar refractivity (Wildman–Crippen MR) is 156 cm³/mol. The van der Waals surface area contributed by atoms with Crippen LogP contribution < -0.4 is 15.0 Å². The van der Waals surface area contributed by atoms with E-state index in [1.807, 2.05) is 78.9 Å². The van der Waals surface area contributed by atoms with Gasteiger partial charge in [-0.3, -0.25) is 4.79 Å². The van der Waals surface area contributed by atoms with Crippen molar-refractivity contribution in [3.05, 3.63) is 123 Å². The zero-order valence-electron chi connectivity index (χ0n) is 20.9. The summed E-state index contributed by atoms with van der Waals surface area (Å²) >= 11 is 3.53. The summed E-state index contributed by atoms with van der Waals surface area (Å²) in [7, 11) is 1.58. The molecule has 0 aliphatic heterocycles. The number of furan rings is 1. The Morgan fingerprint density at radius 3 is 2.56 bits per heavy atom. The molecule has 0 atom stereocenters. The highest BCUT2D eigenvalue weighted by Gasteiger charge is 2.17. The van der Waals surface area contributed by atoms with Crippen LogP contribution in [0, 0.1) is 0 Å². The Hall–Kier alpha value is -4.69. The lowest BCUT2D eigenvalue weighted by Gasteiger charge is -2.14. The Morgan fingerprint density at radius 1 is 0.974 bits per heavy atom. The maximum absolute atomic E-state index is 13.6. The second kappa shape index (κ2) is 10.6. The highest BCUT2D eigenvalue weighted by molar-refractivity contribution is 9.10. The summed E-state index contributed by atoms with van der Waals surface area (Å²) in [4.78, 5) is 18.4. The van der Waals surface area contributed by atoms with E-state index in [9.17, 15) is 4.79 Å². The number of methoxy groups -OCH3 is 1. The van der Waals surface area contributed by atoms with E-state index in [-0.39, 0.29) is 5.56 Å². The Bertz CT molecular complexity index is 1860. The summed E-state index contributed by atoms with van der Waals surface area (Å²) in [6, 6.07) is 30.2. The normalized spacial score (nSPS) is 11.4. The third-order valence-corrected chi connectivity index (χ3v) is 6.66. The zero-order chi connectivity index (χ0) is 26.8. The lowest BCUT2D eigenvalue weighted by Crippen LogP contribution is -2.20. The minimum absolute atomic E-state index is 0.292. The monoisotopic (exact) mass is 579 g/mol. The smallest absolute Gasteiger partial charge is 0.282 e. The van der Waals surface area contributed by atoms with E-state index in [4.69, 9.17) is 18.9 Å². The first-order chi connectivity index (χ1) is 19.1. The highest BCUT2D eigenvalue weighted by atomic mass is 79.9. The Kier molecular flexibility index (Phi) is 6.69. The van der Waals surface area contributed by atoms with Crippen molar-refractivity contribution >= 4 is 44.0 Å². The number of nitrogens with zero attached hydrogens (tertiary/aromatic N) is 3. The van der Waals surface area contributed by atoms with E-state index in [2.05, 4.69) is 21.0 Å². The van der Waals surface area contributed by atoms with Crippen LogP contribution in [0.4, 0.5) is 0 Å². The van der Waals surface area contributed by atoms with Gasteiger partial charge in [-0.05, 0) is 42.0 Å². The summed E-state index contributed by atoms with van der Waals surface area (Å²) in [5.74, 6) is 1.76. The van der Waals surface area contributed by atoms with Crippen LogP contribution in [-0.2, 0) is 6.61 Å². The van der Waals surface area contributed by atoms with Crippen molar-refractivity contribution in [2.24, 2.45) is 5.10 Å². The van der Waals surface area contributed by atoms with Crippen molar-refractivity contribution in [2.75, 3.05) is 7.11 Å². The van der Waals surface area contributed by atoms with Crippen LogP contribution in [0.2, 0.25) is 0 Å². The van der Waals surface area contributed by atoms with E-state index in [1.165, 1.54) is 4.68 Å². The fourth-order valence-electron chi connectivity index (χ4n) is 4.32. The van der Waals surface area contributed by atoms with E-state index < -0.39 is 0 Å². The van der Waals surface area contributed by atoms with Gasteiger partial charge < -0.3 is 13.9 Å². The Labute approximate surface area is 232 Å². The lowest BCUT2D eigenvalue weighted by molar-refractivity contribution is 0.284. The number of hydrogen-bond acceptors (Lipinski definition) is 6. The second-order valence-electron chi connectivity index (χ2n) is 8.76. The molecule has 8 heteroatoms. The molecule has 0 N–H and O–H groups in total. The molecule has 0 radical (unpaired) electrons. The number of rotatable bonds is 7. The molecular formula is C31H22BrN3O4. The highest BCUT2D eigenvalue weighted by Crippen LogP contribution is 2.35. The molecule has 0 saturated heterocycles. The molecule has 0 spiro atoms. The van der Waals surface area contributed by atoms with Crippen LogP contribution in [0.1, 0.15) is 11.1 Å². The van der Waals surface area contributed by atoms with Crippen molar-refractivity contribution in [1.82, 2.24) is 9.66 Å². The molecule has 4 aromatic carbocycles. The first-order valence-corrected chi connectivity index (χ1v) is 13.0. The molecular weight excluding hydrogens is 558 g/mol. The molecule has 7 nitrogen and oxygen atoms in total. The average Bonchev–Trinajstić information content (AvgIpc) is 3.40. The van der Waals surface area contributed by atoms with Gasteiger partial charge in [0.25, 0.3) is 5.56 Å². The maximum atomic E-state index is 13.6. The van der Waals surface area contributed by atoms with Gasteiger partial charge in [0.1, 0.15) is 12.2 Å². The molecule has 0 fully saturated rings. The quantitative estimate of drug-likeness (QED) is 0.189. The molecule has 0 unspecified atom stereocenters. The van der Waals surface area contributed by atoms with Crippen molar-refractivity contribution < 1.29 is 13.9 Å². The van der Waals surface area contributed by atoms with Gasteiger partial charge >= 0.3 is 0 Å². The van der Waals surface area contributed by atoms with Crippen LogP contribution >= 0.6 is 15.9 Å². The summed E-state index contributed by atoms with van der Waals surface area (Å²) < 4.78 is 19.9. The Morgan fingerprint density at radius 2 is 1.74 bits per heavy atom. The molecule has 0 amide bonds. The van der Waals surface area contributed by atoms with Gasteiger partial charge in [-0.1, -0.05) is 76.6 Å². The number of benzene rings is 4. The molecule has 0 bridgehead atoms. The summed E-state index contributed by atoms with van der Waals surface area (Å²) in [5.41, 5.74) is 2.56. The third kappa shape index (κ3) is 4.94. The zero-order valence-corrected chi connectivity index (χ0v) is 22.5.